The Labute approximate surface area is 107 Å². The molecule has 0 aliphatic heterocycles. The molecule has 0 saturated carbocycles. The zero-order chi connectivity index (χ0) is 13.1. The molecule has 0 saturated heterocycles. The number of aliphatic hydroxyl groups excluding tert-OH is 1. The van der Waals surface area contributed by atoms with Crippen LogP contribution in [0.5, 0.6) is 0 Å². The standard InChI is InChI=1S/C13H20N4O/c1-4-7-17-8-6-14-13(17)12(18)11-9-10(5-2)15-16(11)3/h6,8-9,12,18H,4-5,7H2,1-3H3. The largest absolute Gasteiger partial charge is 0.379 e. The van der Waals surface area contributed by atoms with Gasteiger partial charge in [0.05, 0.1) is 11.4 Å². The summed E-state index contributed by atoms with van der Waals surface area (Å²) in [5, 5.41) is 14.8. The maximum atomic E-state index is 10.4. The van der Waals surface area contributed by atoms with Crippen LogP contribution in [0.15, 0.2) is 18.5 Å². The molecule has 5 nitrogen and oxygen atoms in total. The van der Waals surface area contributed by atoms with Crippen LogP contribution in [0.1, 0.15) is 43.6 Å². The minimum absolute atomic E-state index is 0.683. The zero-order valence-electron chi connectivity index (χ0n) is 11.2. The highest BCUT2D eigenvalue weighted by Crippen LogP contribution is 2.21. The van der Waals surface area contributed by atoms with Crippen molar-refractivity contribution < 1.29 is 5.11 Å². The summed E-state index contributed by atoms with van der Waals surface area (Å²) in [6.07, 6.45) is 4.79. The second kappa shape index (κ2) is 5.35. The van der Waals surface area contributed by atoms with E-state index in [1.165, 1.54) is 0 Å². The molecule has 2 heterocycles. The molecule has 1 N–H and O–H groups in total. The number of aromatic nitrogens is 4. The molecule has 0 amide bonds. The van der Waals surface area contributed by atoms with Gasteiger partial charge in [-0.3, -0.25) is 4.68 Å². The molecule has 0 aromatic carbocycles. The molecule has 18 heavy (non-hydrogen) atoms. The fourth-order valence-electron chi connectivity index (χ4n) is 2.10. The third kappa shape index (κ3) is 2.31. The van der Waals surface area contributed by atoms with Crippen molar-refractivity contribution in [2.45, 2.75) is 39.3 Å². The lowest BCUT2D eigenvalue weighted by Gasteiger charge is -2.12. The van der Waals surface area contributed by atoms with E-state index in [4.69, 9.17) is 0 Å². The van der Waals surface area contributed by atoms with Crippen molar-refractivity contribution in [1.82, 2.24) is 19.3 Å². The number of rotatable bonds is 5. The van der Waals surface area contributed by atoms with Gasteiger partial charge in [0.1, 0.15) is 5.82 Å². The lowest BCUT2D eigenvalue weighted by molar-refractivity contribution is 0.194. The summed E-state index contributed by atoms with van der Waals surface area (Å²) >= 11 is 0. The summed E-state index contributed by atoms with van der Waals surface area (Å²) < 4.78 is 3.72. The first-order valence-corrected chi connectivity index (χ1v) is 6.39. The maximum absolute atomic E-state index is 10.4. The summed E-state index contributed by atoms with van der Waals surface area (Å²) in [5.74, 6) is 0.683. The summed E-state index contributed by atoms with van der Waals surface area (Å²) in [5.41, 5.74) is 1.77. The fourth-order valence-corrected chi connectivity index (χ4v) is 2.10. The van der Waals surface area contributed by atoms with E-state index >= 15 is 0 Å². The molecule has 1 atom stereocenters. The second-order valence-electron chi connectivity index (χ2n) is 4.42. The summed E-state index contributed by atoms with van der Waals surface area (Å²) in [7, 11) is 1.85. The molecule has 0 bridgehead atoms. The van der Waals surface area contributed by atoms with Crippen molar-refractivity contribution in [3.05, 3.63) is 35.7 Å². The Hall–Kier alpha value is -1.62. The molecule has 0 radical (unpaired) electrons. The quantitative estimate of drug-likeness (QED) is 0.875. The van der Waals surface area contributed by atoms with Gasteiger partial charge in [0.15, 0.2) is 6.10 Å². The highest BCUT2D eigenvalue weighted by atomic mass is 16.3. The van der Waals surface area contributed by atoms with Crippen molar-refractivity contribution in [2.24, 2.45) is 7.05 Å². The normalized spacial score (nSPS) is 12.9. The van der Waals surface area contributed by atoms with Gasteiger partial charge in [0.25, 0.3) is 0 Å². The van der Waals surface area contributed by atoms with E-state index in [0.717, 1.165) is 30.8 Å². The number of imidazole rings is 1. The number of aliphatic hydroxyl groups is 1. The lowest BCUT2D eigenvalue weighted by Crippen LogP contribution is -2.13. The summed E-state index contributed by atoms with van der Waals surface area (Å²) in [6, 6.07) is 1.94. The van der Waals surface area contributed by atoms with Gasteiger partial charge in [-0.1, -0.05) is 13.8 Å². The van der Waals surface area contributed by atoms with Crippen LogP contribution in [0.3, 0.4) is 0 Å². The van der Waals surface area contributed by atoms with Crippen LogP contribution >= 0.6 is 0 Å². The molecule has 2 aromatic rings. The first kappa shape index (κ1) is 12.8. The zero-order valence-corrected chi connectivity index (χ0v) is 11.2. The fraction of sp³-hybridized carbons (Fsp3) is 0.538. The second-order valence-corrected chi connectivity index (χ2v) is 4.42. The predicted molar refractivity (Wildman–Crippen MR) is 69.2 cm³/mol. The first-order valence-electron chi connectivity index (χ1n) is 6.39. The number of hydrogen-bond acceptors (Lipinski definition) is 3. The monoisotopic (exact) mass is 248 g/mol. The van der Waals surface area contributed by atoms with Crippen LogP contribution in [0.4, 0.5) is 0 Å². The van der Waals surface area contributed by atoms with E-state index in [1.54, 1.807) is 10.9 Å². The third-order valence-corrected chi connectivity index (χ3v) is 3.07. The predicted octanol–water partition coefficient (Wildman–Crippen LogP) is 1.67. The molecule has 2 rings (SSSR count). The van der Waals surface area contributed by atoms with E-state index < -0.39 is 6.10 Å². The van der Waals surface area contributed by atoms with Crippen molar-refractivity contribution >= 4 is 0 Å². The van der Waals surface area contributed by atoms with Crippen LogP contribution in [0.25, 0.3) is 0 Å². The van der Waals surface area contributed by atoms with Crippen LogP contribution in [-0.2, 0) is 20.0 Å². The van der Waals surface area contributed by atoms with E-state index in [2.05, 4.69) is 23.9 Å². The molecular formula is C13H20N4O. The van der Waals surface area contributed by atoms with Crippen LogP contribution in [-0.4, -0.2) is 24.4 Å². The Morgan fingerprint density at radius 1 is 1.39 bits per heavy atom. The van der Waals surface area contributed by atoms with Gasteiger partial charge >= 0.3 is 0 Å². The minimum Gasteiger partial charge on any atom is -0.379 e. The maximum Gasteiger partial charge on any atom is 0.153 e. The molecule has 0 fully saturated rings. The summed E-state index contributed by atoms with van der Waals surface area (Å²) in [4.78, 5) is 4.26. The molecule has 5 heteroatoms. The topological polar surface area (TPSA) is 55.9 Å². The highest BCUT2D eigenvalue weighted by Gasteiger charge is 2.20. The Morgan fingerprint density at radius 2 is 2.17 bits per heavy atom. The van der Waals surface area contributed by atoms with Crippen LogP contribution in [0.2, 0.25) is 0 Å². The molecule has 0 aliphatic carbocycles. The SMILES string of the molecule is CCCn1ccnc1C(O)c1cc(CC)nn1C. The highest BCUT2D eigenvalue weighted by molar-refractivity contribution is 5.19. The Bertz CT molecular complexity index is 515. The molecule has 1 unspecified atom stereocenters. The number of nitrogens with zero attached hydrogens (tertiary/aromatic N) is 4. The van der Waals surface area contributed by atoms with Gasteiger partial charge in [0.2, 0.25) is 0 Å². The van der Waals surface area contributed by atoms with Gasteiger partial charge in [-0.05, 0) is 18.9 Å². The number of aryl methyl sites for hydroxylation is 3. The summed E-state index contributed by atoms with van der Waals surface area (Å²) in [6.45, 7) is 5.02. The van der Waals surface area contributed by atoms with Gasteiger partial charge in [0, 0.05) is 26.0 Å². The third-order valence-electron chi connectivity index (χ3n) is 3.07. The first-order chi connectivity index (χ1) is 8.67. The molecule has 98 valence electrons. The van der Waals surface area contributed by atoms with Crippen LogP contribution < -0.4 is 0 Å². The van der Waals surface area contributed by atoms with Gasteiger partial charge in [-0.2, -0.15) is 5.10 Å². The Morgan fingerprint density at radius 3 is 2.78 bits per heavy atom. The smallest absolute Gasteiger partial charge is 0.153 e. The van der Waals surface area contributed by atoms with E-state index in [9.17, 15) is 5.11 Å². The average Bonchev–Trinajstić information content (AvgIpc) is 2.95. The average molecular weight is 248 g/mol. The van der Waals surface area contributed by atoms with Crippen LogP contribution in [0, 0.1) is 0 Å². The minimum atomic E-state index is -0.718. The van der Waals surface area contributed by atoms with Gasteiger partial charge < -0.3 is 9.67 Å². The Balaban J connectivity index is 2.31. The van der Waals surface area contributed by atoms with Crippen molar-refractivity contribution in [2.75, 3.05) is 0 Å². The van der Waals surface area contributed by atoms with Crippen molar-refractivity contribution in [3.63, 3.8) is 0 Å². The van der Waals surface area contributed by atoms with Crippen molar-refractivity contribution in [1.29, 1.82) is 0 Å². The number of hydrogen-bond donors (Lipinski definition) is 1. The van der Waals surface area contributed by atoms with E-state index in [0.29, 0.717) is 5.82 Å². The molecule has 0 aliphatic rings. The molecular weight excluding hydrogens is 228 g/mol. The molecule has 0 spiro atoms. The van der Waals surface area contributed by atoms with Gasteiger partial charge in [-0.25, -0.2) is 4.98 Å². The van der Waals surface area contributed by atoms with Gasteiger partial charge in [-0.15, -0.1) is 0 Å². The Kier molecular flexibility index (Phi) is 3.81. The van der Waals surface area contributed by atoms with E-state index in [-0.39, 0.29) is 0 Å². The van der Waals surface area contributed by atoms with E-state index in [1.807, 2.05) is 23.9 Å². The lowest BCUT2D eigenvalue weighted by atomic mass is 10.2. The molecule has 2 aromatic heterocycles. The van der Waals surface area contributed by atoms with Crippen molar-refractivity contribution in [3.8, 4) is 0 Å².